The third-order valence-corrected chi connectivity index (χ3v) is 4.87. The molecular formula is C13H14ClNO3S. The Morgan fingerprint density at radius 1 is 1.47 bits per heavy atom. The highest BCUT2D eigenvalue weighted by molar-refractivity contribution is 8.00. The van der Waals surface area contributed by atoms with Crippen molar-refractivity contribution in [1.29, 1.82) is 0 Å². The van der Waals surface area contributed by atoms with Gasteiger partial charge >= 0.3 is 5.97 Å². The second-order valence-corrected chi connectivity index (χ2v) is 6.17. The summed E-state index contributed by atoms with van der Waals surface area (Å²) in [5.74, 6) is -0.822. The first-order chi connectivity index (χ1) is 8.93. The fraction of sp³-hybridized carbons (Fsp3) is 0.385. The van der Waals surface area contributed by atoms with Crippen molar-refractivity contribution in [1.82, 2.24) is 4.90 Å². The van der Waals surface area contributed by atoms with Gasteiger partial charge in [0.1, 0.15) is 6.04 Å². The predicted molar refractivity (Wildman–Crippen MR) is 75.7 cm³/mol. The van der Waals surface area contributed by atoms with Gasteiger partial charge in [-0.15, -0.1) is 11.8 Å². The lowest BCUT2D eigenvalue weighted by molar-refractivity contribution is -0.141. The van der Waals surface area contributed by atoms with E-state index in [1.165, 1.54) is 16.7 Å². The Hall–Kier alpha value is -1.20. The van der Waals surface area contributed by atoms with Crippen LogP contribution in [0, 0.1) is 6.92 Å². The summed E-state index contributed by atoms with van der Waals surface area (Å²) < 4.78 is 0. The number of aliphatic carboxylic acids is 1. The van der Waals surface area contributed by atoms with Crippen LogP contribution in [0.5, 0.6) is 0 Å². The summed E-state index contributed by atoms with van der Waals surface area (Å²) in [6.07, 6.45) is 0. The summed E-state index contributed by atoms with van der Waals surface area (Å²) in [5.41, 5.74) is 1.15. The lowest BCUT2D eigenvalue weighted by Crippen LogP contribution is -2.45. The molecule has 1 saturated heterocycles. The Balaban J connectivity index is 2.37. The van der Waals surface area contributed by atoms with E-state index in [1.54, 1.807) is 25.1 Å². The molecular weight excluding hydrogens is 286 g/mol. The summed E-state index contributed by atoms with van der Waals surface area (Å²) in [5, 5.41) is 9.55. The molecule has 102 valence electrons. The van der Waals surface area contributed by atoms with Crippen molar-refractivity contribution in [3.63, 3.8) is 0 Å². The number of halogens is 1. The predicted octanol–water partition coefficient (Wildman–Crippen LogP) is 2.64. The number of carbonyl (C=O) groups is 2. The minimum atomic E-state index is -0.968. The molecule has 19 heavy (non-hydrogen) atoms. The average molecular weight is 300 g/mol. The van der Waals surface area contributed by atoms with Gasteiger partial charge in [0.25, 0.3) is 5.91 Å². The second kappa shape index (κ2) is 5.43. The Bertz CT molecular complexity index is 535. The molecule has 1 aliphatic rings. The molecule has 0 spiro atoms. The highest BCUT2D eigenvalue weighted by Gasteiger charge is 2.40. The molecule has 0 aliphatic carbocycles. The van der Waals surface area contributed by atoms with E-state index in [0.29, 0.717) is 21.9 Å². The van der Waals surface area contributed by atoms with Crippen molar-refractivity contribution >= 4 is 35.2 Å². The van der Waals surface area contributed by atoms with Gasteiger partial charge in [0.2, 0.25) is 0 Å². The molecule has 2 unspecified atom stereocenters. The van der Waals surface area contributed by atoms with Crippen LogP contribution in [-0.4, -0.2) is 39.1 Å². The van der Waals surface area contributed by atoms with Crippen LogP contribution in [0.25, 0.3) is 0 Å². The van der Waals surface area contributed by atoms with E-state index in [-0.39, 0.29) is 11.3 Å². The lowest BCUT2D eigenvalue weighted by atomic mass is 10.1. The molecule has 1 N–H and O–H groups in total. The van der Waals surface area contributed by atoms with Crippen LogP contribution in [0.15, 0.2) is 18.2 Å². The van der Waals surface area contributed by atoms with E-state index in [9.17, 15) is 14.7 Å². The standard InChI is InChI=1S/C13H14ClNO3S/c1-7-9(4-3-5-10(7)14)12(16)15-8(2)19-6-11(15)13(17)18/h3-5,8,11H,6H2,1-2H3,(H,17,18). The molecule has 1 aliphatic heterocycles. The van der Waals surface area contributed by atoms with Gasteiger partial charge in [-0.3, -0.25) is 4.79 Å². The second-order valence-electron chi connectivity index (χ2n) is 4.41. The maximum absolute atomic E-state index is 12.5. The third kappa shape index (κ3) is 2.58. The minimum Gasteiger partial charge on any atom is -0.480 e. The zero-order valence-corrected chi connectivity index (χ0v) is 12.2. The fourth-order valence-electron chi connectivity index (χ4n) is 2.12. The zero-order chi connectivity index (χ0) is 14.2. The molecule has 0 aromatic heterocycles. The van der Waals surface area contributed by atoms with Gasteiger partial charge in [-0.05, 0) is 31.5 Å². The SMILES string of the molecule is Cc1c(Cl)cccc1C(=O)N1C(C)SCC1C(=O)O. The molecule has 1 aromatic carbocycles. The third-order valence-electron chi connectivity index (χ3n) is 3.24. The Labute approximate surface area is 120 Å². The van der Waals surface area contributed by atoms with Crippen LogP contribution in [0.3, 0.4) is 0 Å². The van der Waals surface area contributed by atoms with Crippen LogP contribution in [-0.2, 0) is 4.79 Å². The molecule has 1 aromatic rings. The number of benzene rings is 1. The van der Waals surface area contributed by atoms with Crippen molar-refractivity contribution in [2.24, 2.45) is 0 Å². The molecule has 0 saturated carbocycles. The molecule has 1 amide bonds. The number of nitrogens with zero attached hydrogens (tertiary/aromatic N) is 1. The van der Waals surface area contributed by atoms with E-state index < -0.39 is 12.0 Å². The number of carboxylic acids is 1. The molecule has 2 atom stereocenters. The highest BCUT2D eigenvalue weighted by Crippen LogP contribution is 2.31. The number of amides is 1. The smallest absolute Gasteiger partial charge is 0.327 e. The summed E-state index contributed by atoms with van der Waals surface area (Å²) in [6.45, 7) is 3.60. The van der Waals surface area contributed by atoms with Crippen molar-refractivity contribution in [2.45, 2.75) is 25.3 Å². The van der Waals surface area contributed by atoms with Gasteiger partial charge in [0, 0.05) is 16.3 Å². The maximum atomic E-state index is 12.5. The lowest BCUT2D eigenvalue weighted by Gasteiger charge is -2.25. The van der Waals surface area contributed by atoms with E-state index in [2.05, 4.69) is 0 Å². The van der Waals surface area contributed by atoms with Crippen molar-refractivity contribution in [3.8, 4) is 0 Å². The van der Waals surface area contributed by atoms with E-state index in [0.717, 1.165) is 0 Å². The molecule has 0 bridgehead atoms. The molecule has 0 radical (unpaired) electrons. The molecule has 4 nitrogen and oxygen atoms in total. The van der Waals surface area contributed by atoms with E-state index >= 15 is 0 Å². The fourth-order valence-corrected chi connectivity index (χ4v) is 3.46. The van der Waals surface area contributed by atoms with Crippen LogP contribution in [0.2, 0.25) is 5.02 Å². The molecule has 1 heterocycles. The Morgan fingerprint density at radius 3 is 2.79 bits per heavy atom. The number of rotatable bonds is 2. The number of thioether (sulfide) groups is 1. The quantitative estimate of drug-likeness (QED) is 0.912. The Kier molecular flexibility index (Phi) is 4.06. The summed E-state index contributed by atoms with van der Waals surface area (Å²) in [7, 11) is 0. The number of carbonyl (C=O) groups excluding carboxylic acids is 1. The van der Waals surface area contributed by atoms with Gasteiger partial charge in [-0.1, -0.05) is 17.7 Å². The van der Waals surface area contributed by atoms with Gasteiger partial charge in [0.15, 0.2) is 0 Å². The van der Waals surface area contributed by atoms with Crippen molar-refractivity contribution < 1.29 is 14.7 Å². The van der Waals surface area contributed by atoms with Gasteiger partial charge < -0.3 is 10.0 Å². The zero-order valence-electron chi connectivity index (χ0n) is 10.6. The van der Waals surface area contributed by atoms with Crippen molar-refractivity contribution in [2.75, 3.05) is 5.75 Å². The van der Waals surface area contributed by atoms with E-state index in [1.807, 2.05) is 6.92 Å². The van der Waals surface area contributed by atoms with Crippen molar-refractivity contribution in [3.05, 3.63) is 34.3 Å². The Morgan fingerprint density at radius 2 is 2.16 bits per heavy atom. The molecule has 6 heteroatoms. The largest absolute Gasteiger partial charge is 0.480 e. The van der Waals surface area contributed by atoms with Gasteiger partial charge in [-0.2, -0.15) is 0 Å². The maximum Gasteiger partial charge on any atom is 0.327 e. The number of carboxylic acid groups (broad SMARTS) is 1. The first-order valence-corrected chi connectivity index (χ1v) is 7.28. The van der Waals surface area contributed by atoms with Gasteiger partial charge in [-0.25, -0.2) is 4.79 Å². The molecule has 2 rings (SSSR count). The number of hydrogen-bond donors (Lipinski definition) is 1. The van der Waals surface area contributed by atoms with E-state index in [4.69, 9.17) is 11.6 Å². The normalized spacial score (nSPS) is 22.6. The highest BCUT2D eigenvalue weighted by atomic mass is 35.5. The van der Waals surface area contributed by atoms with Crippen LogP contribution >= 0.6 is 23.4 Å². The first-order valence-electron chi connectivity index (χ1n) is 5.85. The average Bonchev–Trinajstić information content (AvgIpc) is 2.74. The number of hydrogen-bond acceptors (Lipinski definition) is 3. The van der Waals surface area contributed by atoms with Crippen LogP contribution in [0.4, 0.5) is 0 Å². The topological polar surface area (TPSA) is 57.6 Å². The summed E-state index contributed by atoms with van der Waals surface area (Å²) in [6, 6.07) is 4.32. The monoisotopic (exact) mass is 299 g/mol. The minimum absolute atomic E-state index is 0.146. The van der Waals surface area contributed by atoms with Gasteiger partial charge in [0.05, 0.1) is 5.37 Å². The molecule has 1 fully saturated rings. The van der Waals surface area contributed by atoms with Crippen LogP contribution in [0.1, 0.15) is 22.8 Å². The summed E-state index contributed by atoms with van der Waals surface area (Å²) >= 11 is 7.47. The first kappa shape index (κ1) is 14.2. The summed E-state index contributed by atoms with van der Waals surface area (Å²) in [4.78, 5) is 25.2. The van der Waals surface area contributed by atoms with Crippen LogP contribution < -0.4 is 0 Å².